The SMILES string of the molecule is COc1ccc(-c2sc(NC(=O)CC3CCCC3)nc2C)cc1S(=O)Nc1cccc(O)c1. The van der Waals surface area contributed by atoms with E-state index in [1.165, 1.54) is 37.4 Å². The van der Waals surface area contributed by atoms with Crippen LogP contribution >= 0.6 is 11.3 Å². The number of ether oxygens (including phenoxy) is 1. The largest absolute Gasteiger partial charge is 0.508 e. The summed E-state index contributed by atoms with van der Waals surface area (Å²) in [7, 11) is -0.0940. The number of rotatable bonds is 8. The number of carbonyl (C=O) groups excluding carboxylic acids is 1. The lowest BCUT2D eigenvalue weighted by Crippen LogP contribution is -2.14. The molecular weight excluding hydrogens is 458 g/mol. The van der Waals surface area contributed by atoms with Crippen LogP contribution < -0.4 is 14.8 Å². The van der Waals surface area contributed by atoms with E-state index in [4.69, 9.17) is 4.74 Å². The van der Waals surface area contributed by atoms with Gasteiger partial charge in [-0.1, -0.05) is 30.2 Å². The molecule has 7 nitrogen and oxygen atoms in total. The lowest BCUT2D eigenvalue weighted by Gasteiger charge is -2.12. The number of benzene rings is 2. The van der Waals surface area contributed by atoms with Crippen molar-refractivity contribution in [2.24, 2.45) is 5.92 Å². The molecule has 1 amide bonds. The minimum absolute atomic E-state index is 0.00837. The molecule has 4 rings (SSSR count). The first-order valence-corrected chi connectivity index (χ1v) is 12.8. The minimum Gasteiger partial charge on any atom is -0.508 e. The number of amides is 1. The van der Waals surface area contributed by atoms with E-state index in [-0.39, 0.29) is 11.7 Å². The third-order valence-corrected chi connectivity index (χ3v) is 7.94. The van der Waals surface area contributed by atoms with Gasteiger partial charge in [-0.25, -0.2) is 9.19 Å². The third kappa shape index (κ3) is 5.72. The Hall–Kier alpha value is -2.91. The second-order valence-corrected chi connectivity index (χ2v) is 10.3. The molecule has 1 unspecified atom stereocenters. The molecule has 1 aliphatic carbocycles. The average Bonchev–Trinajstić information content (AvgIpc) is 3.42. The van der Waals surface area contributed by atoms with Gasteiger partial charge in [0.05, 0.1) is 23.4 Å². The number of aryl methyl sites for hydroxylation is 1. The summed E-state index contributed by atoms with van der Waals surface area (Å²) in [4.78, 5) is 18.3. The molecule has 1 aromatic heterocycles. The van der Waals surface area contributed by atoms with Gasteiger partial charge in [-0.3, -0.25) is 4.79 Å². The van der Waals surface area contributed by atoms with Crippen LogP contribution in [0.4, 0.5) is 10.8 Å². The highest BCUT2D eigenvalue weighted by Crippen LogP contribution is 2.37. The quantitative estimate of drug-likeness (QED) is 0.392. The van der Waals surface area contributed by atoms with Crippen LogP contribution in [0.1, 0.15) is 37.8 Å². The van der Waals surface area contributed by atoms with Crippen molar-refractivity contribution in [1.82, 2.24) is 4.98 Å². The lowest BCUT2D eigenvalue weighted by molar-refractivity contribution is -0.117. The van der Waals surface area contributed by atoms with E-state index < -0.39 is 11.0 Å². The van der Waals surface area contributed by atoms with Crippen LogP contribution in [0.3, 0.4) is 0 Å². The molecule has 0 saturated heterocycles. The van der Waals surface area contributed by atoms with Crippen molar-refractivity contribution in [2.75, 3.05) is 17.1 Å². The van der Waals surface area contributed by atoms with E-state index in [0.717, 1.165) is 29.0 Å². The van der Waals surface area contributed by atoms with Crippen LogP contribution in [-0.4, -0.2) is 27.3 Å². The maximum atomic E-state index is 13.1. The highest BCUT2D eigenvalue weighted by atomic mass is 32.2. The Balaban J connectivity index is 1.54. The first kappa shape index (κ1) is 23.3. The fraction of sp³-hybridized carbons (Fsp3) is 0.333. The number of hydrogen-bond donors (Lipinski definition) is 3. The van der Waals surface area contributed by atoms with Gasteiger partial charge in [0.25, 0.3) is 0 Å². The number of aromatic nitrogens is 1. The van der Waals surface area contributed by atoms with Crippen LogP contribution in [0.5, 0.6) is 11.5 Å². The van der Waals surface area contributed by atoms with Crippen molar-refractivity contribution in [3.05, 3.63) is 48.2 Å². The highest BCUT2D eigenvalue weighted by molar-refractivity contribution is 7.86. The molecule has 1 aliphatic rings. The number of anilines is 2. The standard InChI is InChI=1S/C24H27N3O4S2/c1-15-23(32-24(25-15)26-22(29)12-16-6-3-4-7-16)17-10-11-20(31-2)21(13-17)33(30)27-18-8-5-9-19(28)14-18/h5,8-11,13-14,16,27-28H,3-4,6-7,12H2,1-2H3,(H,25,26,29). The predicted octanol–water partition coefficient (Wildman–Crippen LogP) is 5.49. The number of nitrogens with one attached hydrogen (secondary N) is 2. The fourth-order valence-corrected chi connectivity index (χ4v) is 6.06. The summed E-state index contributed by atoms with van der Waals surface area (Å²) in [5, 5.41) is 13.2. The zero-order valence-electron chi connectivity index (χ0n) is 18.6. The molecule has 1 heterocycles. The Morgan fingerprint density at radius 2 is 2.03 bits per heavy atom. The number of phenolic OH excluding ortho intramolecular Hbond substituents is 1. The zero-order chi connectivity index (χ0) is 23.4. The average molecular weight is 486 g/mol. The Morgan fingerprint density at radius 1 is 1.24 bits per heavy atom. The molecule has 0 aliphatic heterocycles. The van der Waals surface area contributed by atoms with E-state index in [1.54, 1.807) is 30.3 Å². The van der Waals surface area contributed by atoms with Crippen molar-refractivity contribution >= 4 is 39.0 Å². The molecule has 0 spiro atoms. The highest BCUT2D eigenvalue weighted by Gasteiger charge is 2.20. The van der Waals surface area contributed by atoms with E-state index in [1.807, 2.05) is 13.0 Å². The number of carbonyl (C=O) groups is 1. The summed E-state index contributed by atoms with van der Waals surface area (Å²) < 4.78 is 21.4. The zero-order valence-corrected chi connectivity index (χ0v) is 20.2. The monoisotopic (exact) mass is 485 g/mol. The van der Waals surface area contributed by atoms with Crippen molar-refractivity contribution in [1.29, 1.82) is 0 Å². The molecule has 0 radical (unpaired) electrons. The lowest BCUT2D eigenvalue weighted by atomic mass is 10.0. The molecule has 1 saturated carbocycles. The van der Waals surface area contributed by atoms with Crippen LogP contribution in [0.25, 0.3) is 10.4 Å². The van der Waals surface area contributed by atoms with E-state index in [9.17, 15) is 14.1 Å². The van der Waals surface area contributed by atoms with Crippen LogP contribution in [0.2, 0.25) is 0 Å². The minimum atomic E-state index is -1.62. The van der Waals surface area contributed by atoms with Crippen LogP contribution in [-0.2, 0) is 15.8 Å². The Labute approximate surface area is 199 Å². The number of methoxy groups -OCH3 is 1. The maximum absolute atomic E-state index is 13.1. The second-order valence-electron chi connectivity index (χ2n) is 8.12. The normalized spacial score (nSPS) is 14.7. The first-order chi connectivity index (χ1) is 15.9. The topological polar surface area (TPSA) is 101 Å². The number of nitrogens with zero attached hydrogens (tertiary/aromatic N) is 1. The molecule has 3 N–H and O–H groups in total. The number of aromatic hydroxyl groups is 1. The molecule has 1 atom stereocenters. The van der Waals surface area contributed by atoms with Gasteiger partial charge in [0.2, 0.25) is 5.91 Å². The van der Waals surface area contributed by atoms with Crippen molar-refractivity contribution in [2.45, 2.75) is 43.9 Å². The Morgan fingerprint density at radius 3 is 2.76 bits per heavy atom. The van der Waals surface area contributed by atoms with Gasteiger partial charge in [0.1, 0.15) is 16.4 Å². The number of hydrogen-bond acceptors (Lipinski definition) is 6. The first-order valence-electron chi connectivity index (χ1n) is 10.9. The summed E-state index contributed by atoms with van der Waals surface area (Å²) in [5.74, 6) is 1.05. The summed E-state index contributed by atoms with van der Waals surface area (Å²) in [5.41, 5.74) is 2.16. The number of thiazole rings is 1. The van der Waals surface area contributed by atoms with Crippen LogP contribution in [0.15, 0.2) is 47.4 Å². The predicted molar refractivity (Wildman–Crippen MR) is 132 cm³/mol. The van der Waals surface area contributed by atoms with Crippen LogP contribution in [0, 0.1) is 12.8 Å². The van der Waals surface area contributed by atoms with Crippen molar-refractivity contribution in [3.63, 3.8) is 0 Å². The summed E-state index contributed by atoms with van der Waals surface area (Å²) in [6.07, 6.45) is 5.20. The molecule has 2 aromatic carbocycles. The van der Waals surface area contributed by atoms with Gasteiger partial charge < -0.3 is 19.9 Å². The summed E-state index contributed by atoms with van der Waals surface area (Å²) >= 11 is 1.40. The van der Waals surface area contributed by atoms with Gasteiger partial charge >= 0.3 is 0 Å². The van der Waals surface area contributed by atoms with Gasteiger partial charge in [-0.2, -0.15) is 0 Å². The molecule has 3 aromatic rings. The molecule has 9 heteroatoms. The van der Waals surface area contributed by atoms with Gasteiger partial charge in [-0.05, 0) is 61.6 Å². The maximum Gasteiger partial charge on any atom is 0.226 e. The molecule has 0 bridgehead atoms. The molecule has 174 valence electrons. The summed E-state index contributed by atoms with van der Waals surface area (Å²) in [6.45, 7) is 1.89. The number of phenols is 1. The molecule has 33 heavy (non-hydrogen) atoms. The van der Waals surface area contributed by atoms with E-state index in [0.29, 0.717) is 33.8 Å². The van der Waals surface area contributed by atoms with Crippen molar-refractivity contribution in [3.8, 4) is 21.9 Å². The fourth-order valence-electron chi connectivity index (χ4n) is 4.06. The Bertz CT molecular complexity index is 1170. The smallest absolute Gasteiger partial charge is 0.226 e. The van der Waals surface area contributed by atoms with Crippen molar-refractivity contribution < 1.29 is 18.8 Å². The Kier molecular flexibility index (Phi) is 7.29. The van der Waals surface area contributed by atoms with Gasteiger partial charge in [0, 0.05) is 12.5 Å². The third-order valence-electron chi connectivity index (χ3n) is 5.67. The van der Waals surface area contributed by atoms with E-state index in [2.05, 4.69) is 15.0 Å². The molecular formula is C24H27N3O4S2. The molecule has 1 fully saturated rings. The van der Waals surface area contributed by atoms with E-state index >= 15 is 0 Å². The van der Waals surface area contributed by atoms with Gasteiger partial charge in [-0.15, -0.1) is 0 Å². The second kappa shape index (κ2) is 10.4. The summed E-state index contributed by atoms with van der Waals surface area (Å²) in [6, 6.07) is 11.9. The van der Waals surface area contributed by atoms with Gasteiger partial charge in [0.15, 0.2) is 16.1 Å².